The van der Waals surface area contributed by atoms with E-state index in [1.807, 2.05) is 0 Å². The summed E-state index contributed by atoms with van der Waals surface area (Å²) in [4.78, 5) is 4.41. The Morgan fingerprint density at radius 2 is 1.82 bits per heavy atom. The Balaban J connectivity index is 1.71. The van der Waals surface area contributed by atoms with Gasteiger partial charge in [-0.15, -0.1) is 0 Å². The molecule has 1 atom stereocenters. The first-order valence-electron chi connectivity index (χ1n) is 7.40. The highest BCUT2D eigenvalue weighted by atomic mass is 35.5. The summed E-state index contributed by atoms with van der Waals surface area (Å²) < 4.78 is 5.54. The highest BCUT2D eigenvalue weighted by Crippen LogP contribution is 2.27. The van der Waals surface area contributed by atoms with E-state index in [9.17, 15) is 5.11 Å². The van der Waals surface area contributed by atoms with Crippen LogP contribution in [0.25, 0.3) is 0 Å². The topological polar surface area (TPSA) is 56.2 Å². The molecular weight excluding hydrogens is 327 g/mol. The van der Waals surface area contributed by atoms with Crippen LogP contribution in [0, 0.1) is 0 Å². The molecule has 7 heteroatoms. The number of rotatable bonds is 7. The number of hydrogen-bond donors (Lipinski definition) is 2. The van der Waals surface area contributed by atoms with E-state index < -0.39 is 6.10 Å². The van der Waals surface area contributed by atoms with Crippen molar-refractivity contribution >= 4 is 23.2 Å². The van der Waals surface area contributed by atoms with Gasteiger partial charge in [0.05, 0.1) is 11.6 Å². The van der Waals surface area contributed by atoms with Crippen molar-refractivity contribution in [3.05, 3.63) is 28.2 Å². The molecule has 2 rings (SSSR count). The zero-order valence-electron chi connectivity index (χ0n) is 12.4. The molecule has 0 amide bonds. The Morgan fingerprint density at radius 3 is 2.45 bits per heavy atom. The van der Waals surface area contributed by atoms with Crippen molar-refractivity contribution in [2.75, 3.05) is 52.5 Å². The smallest absolute Gasteiger partial charge is 0.138 e. The number of piperazine rings is 1. The molecule has 1 aromatic rings. The standard InChI is InChI=1S/C15H22Cl2N2O3/c16-12-1-2-15(14(17)9-12)22-11-13(21)10-19-5-3-18(4-6-19)7-8-20/h1-2,9,13,20-21H,3-8,10-11H2. The van der Waals surface area contributed by atoms with Crippen molar-refractivity contribution < 1.29 is 14.9 Å². The maximum Gasteiger partial charge on any atom is 0.138 e. The second kappa shape index (κ2) is 8.91. The van der Waals surface area contributed by atoms with Crippen molar-refractivity contribution in [1.29, 1.82) is 0 Å². The van der Waals surface area contributed by atoms with E-state index in [4.69, 9.17) is 33.0 Å². The van der Waals surface area contributed by atoms with Gasteiger partial charge >= 0.3 is 0 Å². The van der Waals surface area contributed by atoms with Gasteiger partial charge in [-0.05, 0) is 18.2 Å². The summed E-state index contributed by atoms with van der Waals surface area (Å²) in [6.07, 6.45) is -0.573. The number of benzene rings is 1. The number of ether oxygens (including phenoxy) is 1. The first-order chi connectivity index (χ1) is 10.6. The van der Waals surface area contributed by atoms with Gasteiger partial charge in [-0.25, -0.2) is 0 Å². The van der Waals surface area contributed by atoms with E-state index in [0.29, 0.717) is 28.9 Å². The van der Waals surface area contributed by atoms with E-state index in [1.54, 1.807) is 18.2 Å². The van der Waals surface area contributed by atoms with E-state index in [0.717, 1.165) is 26.2 Å². The molecule has 0 aliphatic carbocycles. The zero-order chi connectivity index (χ0) is 15.9. The van der Waals surface area contributed by atoms with Gasteiger partial charge in [0.15, 0.2) is 0 Å². The van der Waals surface area contributed by atoms with Gasteiger partial charge in [0.2, 0.25) is 0 Å². The van der Waals surface area contributed by atoms with Crippen LogP contribution in [0.3, 0.4) is 0 Å². The van der Waals surface area contributed by atoms with E-state index in [1.165, 1.54) is 0 Å². The fraction of sp³-hybridized carbons (Fsp3) is 0.600. The lowest BCUT2D eigenvalue weighted by atomic mass is 10.2. The quantitative estimate of drug-likeness (QED) is 0.778. The van der Waals surface area contributed by atoms with E-state index >= 15 is 0 Å². The van der Waals surface area contributed by atoms with Gasteiger partial charge in [0, 0.05) is 44.3 Å². The summed E-state index contributed by atoms with van der Waals surface area (Å²) in [5.74, 6) is 0.526. The Labute approximate surface area is 141 Å². The second-order valence-electron chi connectivity index (χ2n) is 5.41. The molecule has 22 heavy (non-hydrogen) atoms. The van der Waals surface area contributed by atoms with Crippen LogP contribution in [0.4, 0.5) is 0 Å². The molecule has 0 radical (unpaired) electrons. The molecular formula is C15H22Cl2N2O3. The van der Waals surface area contributed by atoms with Crippen LogP contribution in [-0.2, 0) is 0 Å². The third-order valence-corrected chi connectivity index (χ3v) is 4.21. The molecule has 1 saturated heterocycles. The number of hydrogen-bond acceptors (Lipinski definition) is 5. The summed E-state index contributed by atoms with van der Waals surface area (Å²) in [6.45, 7) is 5.27. The summed E-state index contributed by atoms with van der Waals surface area (Å²) in [5, 5.41) is 20.0. The van der Waals surface area contributed by atoms with Crippen molar-refractivity contribution in [3.63, 3.8) is 0 Å². The van der Waals surface area contributed by atoms with Gasteiger partial charge in [0.1, 0.15) is 18.5 Å². The van der Waals surface area contributed by atoms with Crippen molar-refractivity contribution in [3.8, 4) is 5.75 Å². The molecule has 0 saturated carbocycles. The van der Waals surface area contributed by atoms with Gasteiger partial charge in [-0.2, -0.15) is 0 Å². The molecule has 5 nitrogen and oxygen atoms in total. The largest absolute Gasteiger partial charge is 0.489 e. The average Bonchev–Trinajstić information content (AvgIpc) is 2.49. The molecule has 0 bridgehead atoms. The maximum absolute atomic E-state index is 10.1. The van der Waals surface area contributed by atoms with Crippen LogP contribution >= 0.6 is 23.2 Å². The number of aliphatic hydroxyl groups excluding tert-OH is 2. The first-order valence-corrected chi connectivity index (χ1v) is 8.15. The van der Waals surface area contributed by atoms with Crippen LogP contribution < -0.4 is 4.74 Å². The SMILES string of the molecule is OCCN1CCN(CC(O)COc2ccc(Cl)cc2Cl)CC1. The average molecular weight is 349 g/mol. The van der Waals surface area contributed by atoms with Crippen LogP contribution in [0.2, 0.25) is 10.0 Å². The Hall–Kier alpha value is -0.560. The lowest BCUT2D eigenvalue weighted by Crippen LogP contribution is -2.49. The Morgan fingerprint density at radius 1 is 1.14 bits per heavy atom. The predicted octanol–water partition coefficient (Wildman–Crippen LogP) is 1.34. The zero-order valence-corrected chi connectivity index (χ0v) is 13.9. The molecule has 0 aromatic heterocycles. The Bertz CT molecular complexity index is 468. The lowest BCUT2D eigenvalue weighted by molar-refractivity contribution is 0.0429. The minimum atomic E-state index is -0.573. The minimum absolute atomic E-state index is 0.193. The van der Waals surface area contributed by atoms with Gasteiger partial charge in [-0.1, -0.05) is 23.2 Å². The van der Waals surface area contributed by atoms with Gasteiger partial charge in [-0.3, -0.25) is 9.80 Å². The molecule has 1 aliphatic heterocycles. The molecule has 2 N–H and O–H groups in total. The molecule has 1 heterocycles. The van der Waals surface area contributed by atoms with Crippen LogP contribution in [0.1, 0.15) is 0 Å². The number of halogens is 2. The highest BCUT2D eigenvalue weighted by molar-refractivity contribution is 6.35. The maximum atomic E-state index is 10.1. The minimum Gasteiger partial charge on any atom is -0.489 e. The molecule has 1 aromatic carbocycles. The molecule has 1 fully saturated rings. The summed E-state index contributed by atoms with van der Waals surface area (Å²) in [5.41, 5.74) is 0. The molecule has 1 unspecified atom stereocenters. The first kappa shape index (κ1) is 17.8. The lowest BCUT2D eigenvalue weighted by Gasteiger charge is -2.35. The summed E-state index contributed by atoms with van der Waals surface area (Å²) in [7, 11) is 0. The van der Waals surface area contributed by atoms with Crippen LogP contribution in [0.15, 0.2) is 18.2 Å². The van der Waals surface area contributed by atoms with Crippen LogP contribution in [-0.4, -0.2) is 78.6 Å². The molecule has 124 valence electrons. The third kappa shape index (κ3) is 5.57. The third-order valence-electron chi connectivity index (χ3n) is 3.68. The normalized spacial score (nSPS) is 18.4. The van der Waals surface area contributed by atoms with Crippen molar-refractivity contribution in [2.24, 2.45) is 0 Å². The number of β-amino-alcohol motifs (C(OH)–C–C–N with tert-alkyl or cyclic N) is 2. The van der Waals surface area contributed by atoms with Crippen LogP contribution in [0.5, 0.6) is 5.75 Å². The van der Waals surface area contributed by atoms with E-state index in [-0.39, 0.29) is 13.2 Å². The fourth-order valence-corrected chi connectivity index (χ4v) is 2.93. The van der Waals surface area contributed by atoms with Crippen molar-refractivity contribution in [2.45, 2.75) is 6.10 Å². The monoisotopic (exact) mass is 348 g/mol. The van der Waals surface area contributed by atoms with Crippen molar-refractivity contribution in [1.82, 2.24) is 9.80 Å². The number of aliphatic hydroxyl groups is 2. The Kier molecular flexibility index (Phi) is 7.21. The fourth-order valence-electron chi connectivity index (χ4n) is 2.47. The molecule has 1 aliphatic rings. The molecule has 0 spiro atoms. The predicted molar refractivity (Wildman–Crippen MR) is 87.9 cm³/mol. The van der Waals surface area contributed by atoms with E-state index in [2.05, 4.69) is 9.80 Å². The highest BCUT2D eigenvalue weighted by Gasteiger charge is 2.19. The number of nitrogens with zero attached hydrogens (tertiary/aromatic N) is 2. The summed E-state index contributed by atoms with van der Waals surface area (Å²) in [6, 6.07) is 5.02. The summed E-state index contributed by atoms with van der Waals surface area (Å²) >= 11 is 11.9. The van der Waals surface area contributed by atoms with Gasteiger partial charge < -0.3 is 14.9 Å². The van der Waals surface area contributed by atoms with Gasteiger partial charge in [0.25, 0.3) is 0 Å². The second-order valence-corrected chi connectivity index (χ2v) is 6.25.